The van der Waals surface area contributed by atoms with Gasteiger partial charge in [0.05, 0.1) is 30.7 Å². The predicted octanol–water partition coefficient (Wildman–Crippen LogP) is 0.769. The van der Waals surface area contributed by atoms with Gasteiger partial charge in [-0.1, -0.05) is 0 Å². The summed E-state index contributed by atoms with van der Waals surface area (Å²) in [7, 11) is 0. The lowest BCUT2D eigenvalue weighted by Gasteiger charge is -2.20. The number of hydrogen-bond acceptors (Lipinski definition) is 6. The Balaban J connectivity index is 1.96. The van der Waals surface area contributed by atoms with Gasteiger partial charge in [-0.3, -0.25) is 4.79 Å². The van der Waals surface area contributed by atoms with E-state index in [2.05, 4.69) is 14.1 Å². The maximum absolute atomic E-state index is 11.6. The van der Waals surface area contributed by atoms with Gasteiger partial charge in [0.25, 0.3) is 5.91 Å². The average molecular weight is 253 g/mol. The van der Waals surface area contributed by atoms with Gasteiger partial charge in [0.15, 0.2) is 5.69 Å². The number of nitrogens with zero attached hydrogens (tertiary/aromatic N) is 2. The molecular formula is C10H11N3O3S. The molecule has 0 aliphatic rings. The van der Waals surface area contributed by atoms with Gasteiger partial charge in [-0.25, -0.2) is 0 Å². The summed E-state index contributed by atoms with van der Waals surface area (Å²) in [6, 6.07) is 3.33. The van der Waals surface area contributed by atoms with Crippen molar-refractivity contribution in [1.29, 1.82) is 0 Å². The van der Waals surface area contributed by atoms with Crippen LogP contribution in [0.1, 0.15) is 23.2 Å². The average Bonchev–Trinajstić information content (AvgIpc) is 2.97. The summed E-state index contributed by atoms with van der Waals surface area (Å²) in [6.45, 7) is 1.60. The van der Waals surface area contributed by atoms with Gasteiger partial charge in [0, 0.05) is 0 Å². The summed E-state index contributed by atoms with van der Waals surface area (Å²) in [5, 5.41) is 12.6. The van der Waals surface area contributed by atoms with E-state index in [0.29, 0.717) is 5.76 Å². The lowest BCUT2D eigenvalue weighted by atomic mass is 10.0. The van der Waals surface area contributed by atoms with Gasteiger partial charge in [-0.2, -0.15) is 8.75 Å². The highest BCUT2D eigenvalue weighted by atomic mass is 32.1. The smallest absolute Gasteiger partial charge is 0.272 e. The van der Waals surface area contributed by atoms with Crippen molar-refractivity contribution in [3.05, 3.63) is 36.0 Å². The van der Waals surface area contributed by atoms with E-state index in [4.69, 9.17) is 4.42 Å². The van der Waals surface area contributed by atoms with Crippen LogP contribution >= 0.6 is 11.7 Å². The molecule has 2 aromatic rings. The number of rotatable bonds is 4. The summed E-state index contributed by atoms with van der Waals surface area (Å²) in [6.07, 6.45) is 2.84. The van der Waals surface area contributed by atoms with Crippen LogP contribution in [0.2, 0.25) is 0 Å². The highest BCUT2D eigenvalue weighted by molar-refractivity contribution is 6.99. The van der Waals surface area contributed by atoms with E-state index < -0.39 is 5.60 Å². The first-order valence-corrected chi connectivity index (χ1v) is 5.65. The van der Waals surface area contributed by atoms with Crippen molar-refractivity contribution in [2.24, 2.45) is 0 Å². The zero-order valence-corrected chi connectivity index (χ0v) is 9.90. The highest BCUT2D eigenvalue weighted by Gasteiger charge is 2.27. The fourth-order valence-electron chi connectivity index (χ4n) is 1.28. The van der Waals surface area contributed by atoms with E-state index in [-0.39, 0.29) is 18.1 Å². The van der Waals surface area contributed by atoms with E-state index in [9.17, 15) is 9.90 Å². The van der Waals surface area contributed by atoms with Crippen molar-refractivity contribution in [3.63, 3.8) is 0 Å². The maximum atomic E-state index is 11.6. The van der Waals surface area contributed by atoms with Crippen LogP contribution in [-0.4, -0.2) is 26.3 Å². The Morgan fingerprint density at radius 2 is 2.53 bits per heavy atom. The maximum Gasteiger partial charge on any atom is 0.272 e. The standard InChI is InChI=1S/C10H11N3O3S/c1-10(15,8-3-2-4-16-8)6-11-9(14)7-5-12-17-13-7/h2-5,15H,6H2,1H3,(H,11,14). The van der Waals surface area contributed by atoms with Crippen molar-refractivity contribution < 1.29 is 14.3 Å². The summed E-state index contributed by atoms with van der Waals surface area (Å²) in [5.41, 5.74) is -1.01. The minimum absolute atomic E-state index is 0.0386. The Morgan fingerprint density at radius 1 is 1.71 bits per heavy atom. The molecule has 6 nitrogen and oxygen atoms in total. The number of carbonyl (C=O) groups is 1. The van der Waals surface area contributed by atoms with Crippen LogP contribution in [-0.2, 0) is 5.60 Å². The van der Waals surface area contributed by atoms with Crippen molar-refractivity contribution in [3.8, 4) is 0 Å². The first-order chi connectivity index (χ1) is 8.09. The number of aliphatic hydroxyl groups is 1. The number of furan rings is 1. The van der Waals surface area contributed by atoms with Gasteiger partial charge < -0.3 is 14.8 Å². The van der Waals surface area contributed by atoms with Crippen LogP contribution in [0.4, 0.5) is 0 Å². The van der Waals surface area contributed by atoms with Crippen molar-refractivity contribution in [1.82, 2.24) is 14.1 Å². The minimum Gasteiger partial charge on any atom is -0.466 e. The van der Waals surface area contributed by atoms with E-state index in [1.54, 1.807) is 19.1 Å². The number of hydrogen-bond donors (Lipinski definition) is 2. The molecule has 1 amide bonds. The molecule has 2 rings (SSSR count). The number of aromatic nitrogens is 2. The molecule has 0 saturated carbocycles. The number of nitrogens with one attached hydrogen (secondary N) is 1. The van der Waals surface area contributed by atoms with Gasteiger partial charge in [-0.15, -0.1) is 0 Å². The van der Waals surface area contributed by atoms with E-state index in [0.717, 1.165) is 11.7 Å². The fraction of sp³-hybridized carbons (Fsp3) is 0.300. The van der Waals surface area contributed by atoms with Crippen molar-refractivity contribution >= 4 is 17.6 Å². The first kappa shape index (κ1) is 11.7. The van der Waals surface area contributed by atoms with Crippen molar-refractivity contribution in [2.45, 2.75) is 12.5 Å². The molecule has 2 N–H and O–H groups in total. The summed E-state index contributed by atoms with van der Waals surface area (Å²) in [5.74, 6) is 0.0276. The summed E-state index contributed by atoms with van der Waals surface area (Å²) in [4.78, 5) is 11.6. The third kappa shape index (κ3) is 2.69. The second kappa shape index (κ2) is 4.64. The largest absolute Gasteiger partial charge is 0.466 e. The summed E-state index contributed by atoms with van der Waals surface area (Å²) < 4.78 is 12.6. The Kier molecular flexibility index (Phi) is 3.21. The molecule has 0 fully saturated rings. The third-order valence-corrected chi connectivity index (χ3v) is 2.72. The number of carbonyl (C=O) groups excluding carboxylic acids is 1. The van der Waals surface area contributed by atoms with Crippen molar-refractivity contribution in [2.75, 3.05) is 6.54 Å². The normalized spacial score (nSPS) is 14.2. The second-order valence-electron chi connectivity index (χ2n) is 3.73. The quantitative estimate of drug-likeness (QED) is 0.840. The van der Waals surface area contributed by atoms with E-state index in [1.165, 1.54) is 12.5 Å². The molecule has 0 aliphatic carbocycles. The van der Waals surface area contributed by atoms with E-state index in [1.807, 2.05) is 0 Å². The Bertz CT molecular complexity index is 479. The second-order valence-corrected chi connectivity index (χ2v) is 4.28. The Hall–Kier alpha value is -1.73. The Morgan fingerprint density at radius 3 is 3.12 bits per heavy atom. The fourth-order valence-corrected chi connectivity index (χ4v) is 1.69. The molecule has 0 saturated heterocycles. The van der Waals surface area contributed by atoms with Crippen LogP contribution in [0.5, 0.6) is 0 Å². The Labute approximate surface area is 102 Å². The van der Waals surface area contributed by atoms with Crippen LogP contribution in [0, 0.1) is 0 Å². The third-order valence-electron chi connectivity index (χ3n) is 2.24. The van der Waals surface area contributed by atoms with Gasteiger partial charge in [-0.05, 0) is 19.1 Å². The van der Waals surface area contributed by atoms with Gasteiger partial charge >= 0.3 is 0 Å². The molecule has 0 radical (unpaired) electrons. The SMILES string of the molecule is CC(O)(CNC(=O)c1cnsn1)c1ccco1. The molecule has 1 atom stereocenters. The predicted molar refractivity (Wildman–Crippen MR) is 60.5 cm³/mol. The molecule has 0 bridgehead atoms. The molecule has 1 unspecified atom stereocenters. The topological polar surface area (TPSA) is 88.2 Å². The molecule has 7 heteroatoms. The highest BCUT2D eigenvalue weighted by Crippen LogP contribution is 2.19. The molecule has 2 heterocycles. The van der Waals surface area contributed by atoms with Gasteiger partial charge in [0.2, 0.25) is 0 Å². The van der Waals surface area contributed by atoms with Crippen LogP contribution in [0.15, 0.2) is 29.0 Å². The minimum atomic E-state index is -1.25. The van der Waals surface area contributed by atoms with Crippen LogP contribution in [0.3, 0.4) is 0 Å². The summed E-state index contributed by atoms with van der Waals surface area (Å²) >= 11 is 0.957. The molecule has 2 aromatic heterocycles. The zero-order chi connectivity index (χ0) is 12.3. The monoisotopic (exact) mass is 253 g/mol. The zero-order valence-electron chi connectivity index (χ0n) is 9.08. The van der Waals surface area contributed by atoms with Crippen LogP contribution in [0.25, 0.3) is 0 Å². The molecular weight excluding hydrogens is 242 g/mol. The molecule has 0 spiro atoms. The molecule has 0 aromatic carbocycles. The molecule has 17 heavy (non-hydrogen) atoms. The van der Waals surface area contributed by atoms with Gasteiger partial charge in [0.1, 0.15) is 11.4 Å². The first-order valence-electron chi connectivity index (χ1n) is 4.92. The lowest BCUT2D eigenvalue weighted by molar-refractivity contribution is 0.0329. The lowest BCUT2D eigenvalue weighted by Crippen LogP contribution is -2.38. The molecule has 0 aliphatic heterocycles. The number of amides is 1. The molecule has 90 valence electrons. The van der Waals surface area contributed by atoms with Crippen LogP contribution < -0.4 is 5.32 Å². The van der Waals surface area contributed by atoms with E-state index >= 15 is 0 Å².